The van der Waals surface area contributed by atoms with Gasteiger partial charge in [0.15, 0.2) is 5.82 Å². The summed E-state index contributed by atoms with van der Waals surface area (Å²) in [5, 5.41) is 8.36. The van der Waals surface area contributed by atoms with Crippen molar-refractivity contribution in [3.05, 3.63) is 23.9 Å². The van der Waals surface area contributed by atoms with Crippen LogP contribution in [0.15, 0.2) is 12.7 Å². The van der Waals surface area contributed by atoms with Gasteiger partial charge in [-0.25, -0.2) is 9.67 Å². The minimum absolute atomic E-state index is 0.845. The van der Waals surface area contributed by atoms with Crippen molar-refractivity contribution in [1.29, 1.82) is 0 Å². The quantitative estimate of drug-likeness (QED) is 0.641. The lowest BCUT2D eigenvalue weighted by atomic mass is 10.3. The van der Waals surface area contributed by atoms with E-state index in [0.717, 1.165) is 17.1 Å². The number of aromatic nitrogens is 5. The van der Waals surface area contributed by atoms with Crippen LogP contribution in [-0.4, -0.2) is 24.5 Å². The van der Waals surface area contributed by atoms with E-state index in [0.29, 0.717) is 0 Å². The van der Waals surface area contributed by atoms with Crippen molar-refractivity contribution in [2.24, 2.45) is 7.05 Å². The maximum absolute atomic E-state index is 4.33. The molecule has 0 saturated heterocycles. The van der Waals surface area contributed by atoms with Crippen molar-refractivity contribution in [1.82, 2.24) is 24.5 Å². The lowest BCUT2D eigenvalue weighted by Crippen LogP contribution is -1.98. The van der Waals surface area contributed by atoms with Crippen LogP contribution in [0, 0.1) is 13.8 Å². The molecule has 0 unspecified atom stereocenters. The van der Waals surface area contributed by atoms with Crippen LogP contribution in [0.5, 0.6) is 0 Å². The van der Waals surface area contributed by atoms with Crippen LogP contribution < -0.4 is 0 Å². The van der Waals surface area contributed by atoms with Gasteiger partial charge in [0.05, 0.1) is 0 Å². The molecular formula is C8H11N5. The maximum atomic E-state index is 4.33. The first-order valence-electron chi connectivity index (χ1n) is 4.05. The van der Waals surface area contributed by atoms with Gasteiger partial charge < -0.3 is 0 Å². The van der Waals surface area contributed by atoms with Gasteiger partial charge >= 0.3 is 0 Å². The summed E-state index contributed by atoms with van der Waals surface area (Å²) in [6, 6.07) is 0. The fraction of sp³-hybridized carbons (Fsp3) is 0.375. The predicted octanol–water partition coefficient (Wildman–Crippen LogP) is 0.618. The van der Waals surface area contributed by atoms with Crippen molar-refractivity contribution >= 4 is 0 Å². The molecule has 0 saturated carbocycles. The molecule has 5 nitrogen and oxygen atoms in total. The fourth-order valence-corrected chi connectivity index (χ4v) is 1.23. The predicted molar refractivity (Wildman–Crippen MR) is 47.6 cm³/mol. The molecule has 68 valence electrons. The highest BCUT2D eigenvalue weighted by Gasteiger charge is 2.09. The molecule has 0 aromatic carbocycles. The molecule has 0 atom stereocenters. The van der Waals surface area contributed by atoms with Gasteiger partial charge in [-0.05, 0) is 13.8 Å². The highest BCUT2D eigenvalue weighted by molar-refractivity contribution is 5.34. The van der Waals surface area contributed by atoms with Gasteiger partial charge in [0.2, 0.25) is 0 Å². The molecule has 5 heteroatoms. The summed E-state index contributed by atoms with van der Waals surface area (Å²) < 4.78 is 3.51. The lowest BCUT2D eigenvalue weighted by molar-refractivity contribution is 0.713. The second-order valence-electron chi connectivity index (χ2n) is 3.00. The molecule has 2 heterocycles. The second kappa shape index (κ2) is 2.69. The number of hydrogen-bond donors (Lipinski definition) is 0. The Morgan fingerprint density at radius 3 is 2.54 bits per heavy atom. The standard InChI is InChI=1S/C8H11N5/c1-6-7(2)12(3)11-8(6)13-5-9-4-10-13/h4-5H,1-3H3. The fourth-order valence-electron chi connectivity index (χ4n) is 1.23. The van der Waals surface area contributed by atoms with E-state index in [1.54, 1.807) is 11.0 Å². The van der Waals surface area contributed by atoms with Crippen molar-refractivity contribution < 1.29 is 0 Å². The second-order valence-corrected chi connectivity index (χ2v) is 3.00. The third-order valence-electron chi connectivity index (χ3n) is 2.24. The first-order chi connectivity index (χ1) is 6.20. The average molecular weight is 177 g/mol. The van der Waals surface area contributed by atoms with E-state index in [-0.39, 0.29) is 0 Å². The Morgan fingerprint density at radius 1 is 1.31 bits per heavy atom. The van der Waals surface area contributed by atoms with E-state index >= 15 is 0 Å². The largest absolute Gasteiger partial charge is 0.270 e. The Bertz CT molecular complexity index is 412. The van der Waals surface area contributed by atoms with Gasteiger partial charge in [0, 0.05) is 18.3 Å². The molecule has 0 N–H and O–H groups in total. The van der Waals surface area contributed by atoms with Gasteiger partial charge in [0.1, 0.15) is 12.7 Å². The van der Waals surface area contributed by atoms with Crippen LogP contribution in [-0.2, 0) is 7.05 Å². The Labute approximate surface area is 76.0 Å². The number of hydrogen-bond acceptors (Lipinski definition) is 3. The summed E-state index contributed by atoms with van der Waals surface area (Å²) in [5.41, 5.74) is 2.28. The van der Waals surface area contributed by atoms with Crippen LogP contribution >= 0.6 is 0 Å². The molecule has 2 rings (SSSR count). The molecule has 0 bridgehead atoms. The molecule has 0 aliphatic heterocycles. The van der Waals surface area contributed by atoms with Crippen LogP contribution in [0.1, 0.15) is 11.3 Å². The molecule has 13 heavy (non-hydrogen) atoms. The first-order valence-corrected chi connectivity index (χ1v) is 4.05. The Balaban J connectivity index is 2.59. The smallest absolute Gasteiger partial charge is 0.179 e. The van der Waals surface area contributed by atoms with E-state index in [2.05, 4.69) is 15.2 Å². The number of aryl methyl sites for hydroxylation is 1. The highest BCUT2D eigenvalue weighted by Crippen LogP contribution is 2.13. The molecule has 0 radical (unpaired) electrons. The molecule has 0 spiro atoms. The van der Waals surface area contributed by atoms with Crippen LogP contribution in [0.2, 0.25) is 0 Å². The summed E-state index contributed by atoms with van der Waals surface area (Å²) in [6.07, 6.45) is 3.15. The summed E-state index contributed by atoms with van der Waals surface area (Å²) >= 11 is 0. The first kappa shape index (κ1) is 7.97. The lowest BCUT2D eigenvalue weighted by Gasteiger charge is -1.94. The summed E-state index contributed by atoms with van der Waals surface area (Å²) in [7, 11) is 1.92. The van der Waals surface area contributed by atoms with Crippen molar-refractivity contribution in [2.45, 2.75) is 13.8 Å². The van der Waals surface area contributed by atoms with Crippen molar-refractivity contribution in [3.63, 3.8) is 0 Å². The molecular weight excluding hydrogens is 166 g/mol. The van der Waals surface area contributed by atoms with E-state index in [9.17, 15) is 0 Å². The third kappa shape index (κ3) is 1.12. The zero-order valence-electron chi connectivity index (χ0n) is 7.89. The van der Waals surface area contributed by atoms with Crippen LogP contribution in [0.25, 0.3) is 5.82 Å². The molecule has 0 aliphatic rings. The van der Waals surface area contributed by atoms with Gasteiger partial charge in [-0.2, -0.15) is 10.2 Å². The molecule has 2 aromatic heterocycles. The summed E-state index contributed by atoms with van der Waals surface area (Å²) in [4.78, 5) is 3.88. The SMILES string of the molecule is Cc1c(-n2cncn2)nn(C)c1C. The Kier molecular flexibility index (Phi) is 1.65. The Hall–Kier alpha value is -1.65. The minimum Gasteiger partial charge on any atom is -0.270 e. The van der Waals surface area contributed by atoms with Gasteiger partial charge in [0.25, 0.3) is 0 Å². The molecule has 2 aromatic rings. The van der Waals surface area contributed by atoms with Crippen LogP contribution in [0.4, 0.5) is 0 Å². The minimum atomic E-state index is 0.845. The number of rotatable bonds is 1. The Morgan fingerprint density at radius 2 is 2.08 bits per heavy atom. The van der Waals surface area contributed by atoms with Crippen molar-refractivity contribution in [3.8, 4) is 5.82 Å². The zero-order valence-corrected chi connectivity index (χ0v) is 7.89. The zero-order chi connectivity index (χ0) is 9.42. The van der Waals surface area contributed by atoms with Gasteiger partial charge in [-0.1, -0.05) is 0 Å². The maximum Gasteiger partial charge on any atom is 0.179 e. The normalized spacial score (nSPS) is 10.7. The number of nitrogens with zero attached hydrogens (tertiary/aromatic N) is 5. The van der Waals surface area contributed by atoms with E-state index in [1.807, 2.05) is 25.6 Å². The van der Waals surface area contributed by atoms with Gasteiger partial charge in [-0.15, -0.1) is 0 Å². The van der Waals surface area contributed by atoms with Crippen molar-refractivity contribution in [2.75, 3.05) is 0 Å². The average Bonchev–Trinajstić information content (AvgIpc) is 2.70. The van der Waals surface area contributed by atoms with E-state index in [4.69, 9.17) is 0 Å². The molecule has 0 amide bonds. The topological polar surface area (TPSA) is 48.5 Å². The van der Waals surface area contributed by atoms with Crippen LogP contribution in [0.3, 0.4) is 0 Å². The third-order valence-corrected chi connectivity index (χ3v) is 2.24. The van der Waals surface area contributed by atoms with Gasteiger partial charge in [-0.3, -0.25) is 4.68 Å². The summed E-state index contributed by atoms with van der Waals surface area (Å²) in [5.74, 6) is 0.845. The monoisotopic (exact) mass is 177 g/mol. The molecule has 0 aliphatic carbocycles. The summed E-state index contributed by atoms with van der Waals surface area (Å²) in [6.45, 7) is 4.06. The highest BCUT2D eigenvalue weighted by atomic mass is 15.4. The molecule has 0 fully saturated rings. The van der Waals surface area contributed by atoms with E-state index < -0.39 is 0 Å². The van der Waals surface area contributed by atoms with E-state index in [1.165, 1.54) is 6.33 Å².